The van der Waals surface area contributed by atoms with Gasteiger partial charge in [-0.1, -0.05) is 13.0 Å². The fourth-order valence-electron chi connectivity index (χ4n) is 1.64. The van der Waals surface area contributed by atoms with Gasteiger partial charge in [-0.15, -0.1) is 11.3 Å². The van der Waals surface area contributed by atoms with E-state index in [1.165, 1.54) is 37.2 Å². The second-order valence-corrected chi connectivity index (χ2v) is 5.27. The molecule has 1 heterocycles. The number of thiophene rings is 1. The van der Waals surface area contributed by atoms with Crippen LogP contribution in [0.3, 0.4) is 0 Å². The highest BCUT2D eigenvalue weighted by Crippen LogP contribution is 2.09. The third-order valence-corrected chi connectivity index (χ3v) is 3.58. The van der Waals surface area contributed by atoms with Crippen molar-refractivity contribution in [1.82, 2.24) is 10.2 Å². The molecule has 2 nitrogen and oxygen atoms in total. The van der Waals surface area contributed by atoms with Gasteiger partial charge < -0.3 is 10.2 Å². The molecule has 16 heavy (non-hydrogen) atoms. The van der Waals surface area contributed by atoms with Gasteiger partial charge in [0.25, 0.3) is 0 Å². The summed E-state index contributed by atoms with van der Waals surface area (Å²) in [5.41, 5.74) is 0. The molecule has 0 aromatic carbocycles. The predicted octanol–water partition coefficient (Wildman–Crippen LogP) is 2.61. The smallest absolute Gasteiger partial charge is 0.00579 e. The molecule has 0 bridgehead atoms. The molecular formula is C13H24N2S. The van der Waals surface area contributed by atoms with Crippen LogP contribution in [0.1, 0.15) is 24.6 Å². The fourth-order valence-corrected chi connectivity index (χ4v) is 2.34. The summed E-state index contributed by atoms with van der Waals surface area (Å²) in [6.45, 7) is 6.88. The highest BCUT2D eigenvalue weighted by molar-refractivity contribution is 7.09. The molecule has 0 unspecified atom stereocenters. The van der Waals surface area contributed by atoms with Crippen molar-refractivity contribution in [2.45, 2.75) is 26.2 Å². The lowest BCUT2D eigenvalue weighted by Gasteiger charge is -2.15. The summed E-state index contributed by atoms with van der Waals surface area (Å²) in [4.78, 5) is 3.92. The molecule has 0 saturated carbocycles. The minimum atomic E-state index is 1.15. The lowest BCUT2D eigenvalue weighted by molar-refractivity contribution is 0.332. The lowest BCUT2D eigenvalue weighted by atomic mass is 10.3. The average molecular weight is 240 g/mol. The van der Waals surface area contributed by atoms with Gasteiger partial charge >= 0.3 is 0 Å². The van der Waals surface area contributed by atoms with Gasteiger partial charge in [0.2, 0.25) is 0 Å². The summed E-state index contributed by atoms with van der Waals surface area (Å²) in [6.07, 6.45) is 3.67. The van der Waals surface area contributed by atoms with Crippen LogP contribution in [0, 0.1) is 0 Å². The summed E-state index contributed by atoms with van der Waals surface area (Å²) >= 11 is 1.86. The minimum absolute atomic E-state index is 1.15. The topological polar surface area (TPSA) is 15.3 Å². The number of hydrogen-bond acceptors (Lipinski definition) is 3. The molecule has 0 spiro atoms. The molecule has 1 aromatic heterocycles. The molecule has 1 rings (SSSR count). The summed E-state index contributed by atoms with van der Waals surface area (Å²) in [6, 6.07) is 4.36. The van der Waals surface area contributed by atoms with Gasteiger partial charge in [-0.05, 0) is 57.4 Å². The zero-order chi connectivity index (χ0) is 11.6. The Balaban J connectivity index is 1.96. The van der Waals surface area contributed by atoms with Crippen molar-refractivity contribution in [2.75, 3.05) is 33.2 Å². The van der Waals surface area contributed by atoms with Gasteiger partial charge in [-0.3, -0.25) is 0 Å². The Labute approximate surface area is 104 Å². The van der Waals surface area contributed by atoms with Crippen molar-refractivity contribution >= 4 is 11.3 Å². The van der Waals surface area contributed by atoms with E-state index in [0.717, 1.165) is 13.1 Å². The third-order valence-electron chi connectivity index (χ3n) is 2.64. The Morgan fingerprint density at radius 1 is 1.31 bits per heavy atom. The zero-order valence-corrected chi connectivity index (χ0v) is 11.4. The molecular weight excluding hydrogens is 216 g/mol. The number of rotatable bonds is 9. The largest absolute Gasteiger partial charge is 0.317 e. The molecule has 0 atom stereocenters. The Morgan fingerprint density at radius 2 is 2.19 bits per heavy atom. The van der Waals surface area contributed by atoms with Crippen molar-refractivity contribution in [1.29, 1.82) is 0 Å². The van der Waals surface area contributed by atoms with E-state index in [1.807, 2.05) is 11.3 Å². The van der Waals surface area contributed by atoms with Crippen LogP contribution >= 0.6 is 11.3 Å². The Kier molecular flexibility index (Phi) is 7.47. The van der Waals surface area contributed by atoms with E-state index in [1.54, 1.807) is 0 Å². The van der Waals surface area contributed by atoms with E-state index in [0.29, 0.717) is 0 Å². The van der Waals surface area contributed by atoms with Crippen LogP contribution in [0.4, 0.5) is 0 Å². The first-order valence-electron chi connectivity index (χ1n) is 6.24. The van der Waals surface area contributed by atoms with E-state index in [9.17, 15) is 0 Å². The second kappa shape index (κ2) is 8.74. The van der Waals surface area contributed by atoms with Crippen molar-refractivity contribution in [3.05, 3.63) is 22.4 Å². The van der Waals surface area contributed by atoms with E-state index >= 15 is 0 Å². The van der Waals surface area contributed by atoms with Gasteiger partial charge in [0.15, 0.2) is 0 Å². The first kappa shape index (κ1) is 13.7. The first-order valence-corrected chi connectivity index (χ1v) is 7.12. The number of hydrogen-bond donors (Lipinski definition) is 1. The van der Waals surface area contributed by atoms with Crippen molar-refractivity contribution in [2.24, 2.45) is 0 Å². The van der Waals surface area contributed by atoms with Crippen LogP contribution in [0.2, 0.25) is 0 Å². The van der Waals surface area contributed by atoms with Crippen LogP contribution in [-0.2, 0) is 6.42 Å². The molecule has 0 fully saturated rings. The molecule has 0 radical (unpaired) electrons. The number of nitrogens with zero attached hydrogens (tertiary/aromatic N) is 1. The van der Waals surface area contributed by atoms with Crippen molar-refractivity contribution < 1.29 is 0 Å². The zero-order valence-electron chi connectivity index (χ0n) is 10.5. The van der Waals surface area contributed by atoms with Crippen LogP contribution in [0.15, 0.2) is 17.5 Å². The fraction of sp³-hybridized carbons (Fsp3) is 0.692. The Hall–Kier alpha value is -0.380. The molecule has 1 N–H and O–H groups in total. The molecule has 0 saturated heterocycles. The Morgan fingerprint density at radius 3 is 2.88 bits per heavy atom. The molecule has 0 amide bonds. The minimum Gasteiger partial charge on any atom is -0.317 e. The quantitative estimate of drug-likeness (QED) is 0.668. The maximum atomic E-state index is 3.44. The standard InChI is InChI=1S/C13H24N2S/c1-3-8-14-9-5-10-15(2)11-7-13-6-4-12-16-13/h4,6,12,14H,3,5,7-11H2,1-2H3. The van der Waals surface area contributed by atoms with E-state index in [4.69, 9.17) is 0 Å². The molecule has 0 aliphatic carbocycles. The first-order chi connectivity index (χ1) is 7.83. The van der Waals surface area contributed by atoms with Gasteiger partial charge in [0.1, 0.15) is 0 Å². The summed E-state index contributed by atoms with van der Waals surface area (Å²) in [5.74, 6) is 0. The predicted molar refractivity (Wildman–Crippen MR) is 73.3 cm³/mol. The van der Waals surface area contributed by atoms with Crippen LogP contribution in [-0.4, -0.2) is 38.1 Å². The normalized spacial score (nSPS) is 11.2. The highest BCUT2D eigenvalue weighted by atomic mass is 32.1. The van der Waals surface area contributed by atoms with Crippen molar-refractivity contribution in [3.63, 3.8) is 0 Å². The molecule has 0 aliphatic rings. The van der Waals surface area contributed by atoms with Gasteiger partial charge in [0.05, 0.1) is 0 Å². The van der Waals surface area contributed by atoms with Crippen LogP contribution in [0.5, 0.6) is 0 Å². The lowest BCUT2D eigenvalue weighted by Crippen LogP contribution is -2.26. The van der Waals surface area contributed by atoms with Crippen molar-refractivity contribution in [3.8, 4) is 0 Å². The third kappa shape index (κ3) is 6.26. The monoisotopic (exact) mass is 240 g/mol. The van der Waals surface area contributed by atoms with E-state index in [2.05, 4.69) is 41.7 Å². The number of nitrogens with one attached hydrogen (secondary N) is 1. The van der Waals surface area contributed by atoms with Gasteiger partial charge in [-0.25, -0.2) is 0 Å². The molecule has 1 aromatic rings. The van der Waals surface area contributed by atoms with Crippen LogP contribution < -0.4 is 5.32 Å². The molecule has 0 aliphatic heterocycles. The maximum absolute atomic E-state index is 3.44. The SMILES string of the molecule is CCCNCCCN(C)CCc1cccs1. The highest BCUT2D eigenvalue weighted by Gasteiger charge is 1.99. The summed E-state index contributed by atoms with van der Waals surface area (Å²) in [5, 5.41) is 5.59. The van der Waals surface area contributed by atoms with Gasteiger partial charge in [-0.2, -0.15) is 0 Å². The van der Waals surface area contributed by atoms with Crippen LogP contribution in [0.25, 0.3) is 0 Å². The summed E-state index contributed by atoms with van der Waals surface area (Å²) in [7, 11) is 2.22. The summed E-state index contributed by atoms with van der Waals surface area (Å²) < 4.78 is 0. The maximum Gasteiger partial charge on any atom is 0.00579 e. The van der Waals surface area contributed by atoms with Gasteiger partial charge in [0, 0.05) is 11.4 Å². The average Bonchev–Trinajstić information content (AvgIpc) is 2.79. The van der Waals surface area contributed by atoms with E-state index in [-0.39, 0.29) is 0 Å². The molecule has 3 heteroatoms. The Bertz CT molecular complexity index is 246. The molecule has 92 valence electrons. The number of likely N-dealkylation sites (N-methyl/N-ethyl adjacent to an activating group) is 1. The van der Waals surface area contributed by atoms with E-state index < -0.39 is 0 Å². The second-order valence-electron chi connectivity index (χ2n) is 4.24.